The standard InChI is InChI=1S/C19H29N3O3/c1-15(22-10-5-3-4-6-11-22)19(24)20-13-16-8-7-9-17(12-16)21-18(23)14-25-2/h7-9,12,15H,3-6,10-11,13-14H2,1-2H3,(H,20,24)(H,21,23)/t15-/m1/s1. The molecule has 138 valence electrons. The second kappa shape index (κ2) is 10.2. The highest BCUT2D eigenvalue weighted by atomic mass is 16.5. The Morgan fingerprint density at radius 2 is 1.92 bits per heavy atom. The van der Waals surface area contributed by atoms with E-state index in [1.807, 2.05) is 31.2 Å². The minimum atomic E-state index is -0.196. The molecule has 6 heteroatoms. The van der Waals surface area contributed by atoms with Gasteiger partial charge in [-0.05, 0) is 50.6 Å². The number of nitrogens with zero attached hydrogens (tertiary/aromatic N) is 1. The fraction of sp³-hybridized carbons (Fsp3) is 0.579. The highest BCUT2D eigenvalue weighted by molar-refractivity contribution is 5.91. The normalized spacial score (nSPS) is 16.7. The van der Waals surface area contributed by atoms with Crippen LogP contribution in [0.25, 0.3) is 0 Å². The number of hydrogen-bond acceptors (Lipinski definition) is 4. The third-order valence-electron chi connectivity index (χ3n) is 4.52. The topological polar surface area (TPSA) is 70.7 Å². The van der Waals surface area contributed by atoms with Gasteiger partial charge in [-0.1, -0.05) is 25.0 Å². The van der Waals surface area contributed by atoms with Gasteiger partial charge < -0.3 is 15.4 Å². The molecule has 0 aromatic heterocycles. The van der Waals surface area contributed by atoms with Crippen molar-refractivity contribution in [3.63, 3.8) is 0 Å². The average Bonchev–Trinajstić information content (AvgIpc) is 2.89. The highest BCUT2D eigenvalue weighted by Gasteiger charge is 2.21. The van der Waals surface area contributed by atoms with Crippen molar-refractivity contribution in [1.29, 1.82) is 0 Å². The lowest BCUT2D eigenvalue weighted by molar-refractivity contribution is -0.126. The van der Waals surface area contributed by atoms with Gasteiger partial charge in [0.25, 0.3) is 0 Å². The Morgan fingerprint density at radius 3 is 2.60 bits per heavy atom. The molecule has 2 N–H and O–H groups in total. The average molecular weight is 347 g/mol. The van der Waals surface area contributed by atoms with Crippen LogP contribution in [0.4, 0.5) is 5.69 Å². The molecule has 0 bridgehead atoms. The van der Waals surface area contributed by atoms with Crippen LogP contribution in [0.1, 0.15) is 38.2 Å². The lowest BCUT2D eigenvalue weighted by Crippen LogP contribution is -2.45. The first-order valence-corrected chi connectivity index (χ1v) is 8.99. The van der Waals surface area contributed by atoms with Crippen molar-refractivity contribution >= 4 is 17.5 Å². The van der Waals surface area contributed by atoms with Crippen molar-refractivity contribution in [2.75, 3.05) is 32.1 Å². The minimum absolute atomic E-state index is 0.0221. The maximum absolute atomic E-state index is 12.4. The molecule has 0 spiro atoms. The zero-order valence-electron chi connectivity index (χ0n) is 15.2. The smallest absolute Gasteiger partial charge is 0.250 e. The fourth-order valence-corrected chi connectivity index (χ4v) is 3.07. The maximum Gasteiger partial charge on any atom is 0.250 e. The molecule has 1 fully saturated rings. The summed E-state index contributed by atoms with van der Waals surface area (Å²) in [4.78, 5) is 26.3. The number of likely N-dealkylation sites (tertiary alicyclic amines) is 1. The van der Waals surface area contributed by atoms with Crippen LogP contribution in [-0.2, 0) is 20.9 Å². The Kier molecular flexibility index (Phi) is 7.88. The summed E-state index contributed by atoms with van der Waals surface area (Å²) < 4.78 is 4.80. The molecule has 1 aromatic rings. The van der Waals surface area contributed by atoms with E-state index in [2.05, 4.69) is 15.5 Å². The molecule has 1 aromatic carbocycles. The van der Waals surface area contributed by atoms with Crippen LogP contribution in [0.5, 0.6) is 0 Å². The van der Waals surface area contributed by atoms with E-state index in [1.54, 1.807) is 0 Å². The van der Waals surface area contributed by atoms with Crippen LogP contribution in [0, 0.1) is 0 Å². The van der Waals surface area contributed by atoms with Crippen LogP contribution < -0.4 is 10.6 Å². The number of carbonyl (C=O) groups is 2. The molecule has 1 aliphatic rings. The van der Waals surface area contributed by atoms with E-state index in [4.69, 9.17) is 4.74 Å². The van der Waals surface area contributed by atoms with Crippen molar-refractivity contribution in [3.8, 4) is 0 Å². The molecule has 0 saturated carbocycles. The van der Waals surface area contributed by atoms with Crippen molar-refractivity contribution in [3.05, 3.63) is 29.8 Å². The van der Waals surface area contributed by atoms with Crippen LogP contribution >= 0.6 is 0 Å². The van der Waals surface area contributed by atoms with E-state index in [0.717, 1.165) is 18.7 Å². The number of carbonyl (C=O) groups excluding carboxylic acids is 2. The van der Waals surface area contributed by atoms with Crippen molar-refractivity contribution in [1.82, 2.24) is 10.2 Å². The molecule has 1 aliphatic heterocycles. The molecule has 1 atom stereocenters. The monoisotopic (exact) mass is 347 g/mol. The lowest BCUT2D eigenvalue weighted by Gasteiger charge is -2.26. The molecular formula is C19H29N3O3. The summed E-state index contributed by atoms with van der Waals surface area (Å²) in [5, 5.41) is 5.77. The van der Waals surface area contributed by atoms with E-state index in [1.165, 1.54) is 32.8 Å². The first-order chi connectivity index (χ1) is 12.1. The maximum atomic E-state index is 12.4. The highest BCUT2D eigenvalue weighted by Crippen LogP contribution is 2.13. The quantitative estimate of drug-likeness (QED) is 0.793. The Balaban J connectivity index is 1.85. The van der Waals surface area contributed by atoms with Crippen LogP contribution in [0.15, 0.2) is 24.3 Å². The second-order valence-corrected chi connectivity index (χ2v) is 6.53. The van der Waals surface area contributed by atoms with Crippen LogP contribution in [-0.4, -0.2) is 49.6 Å². The minimum Gasteiger partial charge on any atom is -0.375 e. The Bertz CT molecular complexity index is 569. The molecule has 2 amide bonds. The first-order valence-electron chi connectivity index (χ1n) is 8.99. The molecular weight excluding hydrogens is 318 g/mol. The second-order valence-electron chi connectivity index (χ2n) is 6.53. The molecule has 1 heterocycles. The largest absolute Gasteiger partial charge is 0.375 e. The van der Waals surface area contributed by atoms with E-state index < -0.39 is 0 Å². The van der Waals surface area contributed by atoms with Crippen molar-refractivity contribution in [2.24, 2.45) is 0 Å². The third-order valence-corrected chi connectivity index (χ3v) is 4.52. The summed E-state index contributed by atoms with van der Waals surface area (Å²) in [6.07, 6.45) is 4.85. The van der Waals surface area contributed by atoms with Gasteiger partial charge in [-0.2, -0.15) is 0 Å². The fourth-order valence-electron chi connectivity index (χ4n) is 3.07. The molecule has 6 nitrogen and oxygen atoms in total. The molecule has 0 aliphatic carbocycles. The summed E-state index contributed by atoms with van der Waals surface area (Å²) in [6.45, 7) is 4.44. The third kappa shape index (κ3) is 6.48. The molecule has 1 saturated heterocycles. The number of ether oxygens (including phenoxy) is 1. The zero-order chi connectivity index (χ0) is 18.1. The summed E-state index contributed by atoms with van der Waals surface area (Å²) in [7, 11) is 1.48. The van der Waals surface area contributed by atoms with Crippen LogP contribution in [0.3, 0.4) is 0 Å². The van der Waals surface area contributed by atoms with Crippen LogP contribution in [0.2, 0.25) is 0 Å². The predicted octanol–water partition coefficient (Wildman–Crippen LogP) is 2.15. The summed E-state index contributed by atoms with van der Waals surface area (Å²) in [6, 6.07) is 7.37. The molecule has 2 rings (SSSR count). The molecule has 0 unspecified atom stereocenters. The van der Waals surface area contributed by atoms with Gasteiger partial charge in [0.15, 0.2) is 0 Å². The summed E-state index contributed by atoms with van der Waals surface area (Å²) in [5.74, 6) is -0.144. The summed E-state index contributed by atoms with van der Waals surface area (Å²) in [5.41, 5.74) is 1.65. The Hall–Kier alpha value is -1.92. The first kappa shape index (κ1) is 19.4. The van der Waals surface area contributed by atoms with Gasteiger partial charge in [0, 0.05) is 19.3 Å². The van der Waals surface area contributed by atoms with Gasteiger partial charge in [-0.3, -0.25) is 14.5 Å². The van der Waals surface area contributed by atoms with E-state index in [9.17, 15) is 9.59 Å². The number of anilines is 1. The molecule has 0 radical (unpaired) electrons. The Morgan fingerprint density at radius 1 is 1.20 bits per heavy atom. The number of hydrogen-bond donors (Lipinski definition) is 2. The van der Waals surface area contributed by atoms with E-state index in [0.29, 0.717) is 12.2 Å². The van der Waals surface area contributed by atoms with Gasteiger partial charge in [-0.25, -0.2) is 0 Å². The van der Waals surface area contributed by atoms with Gasteiger partial charge >= 0.3 is 0 Å². The number of nitrogens with one attached hydrogen (secondary N) is 2. The van der Waals surface area contributed by atoms with Gasteiger partial charge in [0.2, 0.25) is 11.8 Å². The van der Waals surface area contributed by atoms with Gasteiger partial charge in [0.1, 0.15) is 6.61 Å². The van der Waals surface area contributed by atoms with Gasteiger partial charge in [-0.15, -0.1) is 0 Å². The van der Waals surface area contributed by atoms with Crippen molar-refractivity contribution < 1.29 is 14.3 Å². The van der Waals surface area contributed by atoms with Gasteiger partial charge in [0.05, 0.1) is 6.04 Å². The number of benzene rings is 1. The SMILES string of the molecule is COCC(=O)Nc1cccc(CNC(=O)[C@@H](C)N2CCCCCC2)c1. The summed E-state index contributed by atoms with van der Waals surface area (Å²) >= 11 is 0. The number of rotatable bonds is 7. The Labute approximate surface area is 149 Å². The van der Waals surface area contributed by atoms with E-state index in [-0.39, 0.29) is 24.5 Å². The molecule has 25 heavy (non-hydrogen) atoms. The lowest BCUT2D eigenvalue weighted by atomic mass is 10.2. The van der Waals surface area contributed by atoms with E-state index >= 15 is 0 Å². The predicted molar refractivity (Wildman–Crippen MR) is 98.3 cm³/mol. The zero-order valence-corrected chi connectivity index (χ0v) is 15.2. The van der Waals surface area contributed by atoms with Crippen molar-refractivity contribution in [2.45, 2.75) is 45.2 Å². The number of methoxy groups -OCH3 is 1. The number of amides is 2.